The maximum atomic E-state index is 11.6. The highest BCUT2D eigenvalue weighted by atomic mass is 79.9. The Morgan fingerprint density at radius 3 is 2.86 bits per heavy atom. The predicted octanol–water partition coefficient (Wildman–Crippen LogP) is 0.865. The second kappa shape index (κ2) is 4.61. The van der Waals surface area contributed by atoms with Gasteiger partial charge in [-0.2, -0.15) is 0 Å². The molecule has 0 spiro atoms. The fourth-order valence-electron chi connectivity index (χ4n) is 1.11. The lowest BCUT2D eigenvalue weighted by Gasteiger charge is -2.11. The lowest BCUT2D eigenvalue weighted by Crippen LogP contribution is -2.38. The summed E-state index contributed by atoms with van der Waals surface area (Å²) in [6.45, 7) is 2.31. The van der Waals surface area contributed by atoms with E-state index in [-0.39, 0.29) is 11.9 Å². The third kappa shape index (κ3) is 2.59. The van der Waals surface area contributed by atoms with Crippen LogP contribution in [0.2, 0.25) is 0 Å². The molecule has 0 aliphatic carbocycles. The van der Waals surface area contributed by atoms with Gasteiger partial charge in [0.15, 0.2) is 0 Å². The smallest absolute Gasteiger partial charge is 0.268 e. The van der Waals surface area contributed by atoms with E-state index in [1.54, 1.807) is 10.6 Å². The third-order valence-electron chi connectivity index (χ3n) is 1.94. The summed E-state index contributed by atoms with van der Waals surface area (Å²) in [5.74, 6) is -0.101. The SMILES string of the molecule is CC(CN)NC(=O)c1cc(Br)cn1C. The van der Waals surface area contributed by atoms with Gasteiger partial charge in [-0.3, -0.25) is 4.79 Å². The van der Waals surface area contributed by atoms with Crippen molar-refractivity contribution in [2.45, 2.75) is 13.0 Å². The molecule has 1 rings (SSSR count). The summed E-state index contributed by atoms with van der Waals surface area (Å²) in [5.41, 5.74) is 6.03. The van der Waals surface area contributed by atoms with Crippen molar-refractivity contribution in [2.75, 3.05) is 6.54 Å². The molecule has 0 bridgehead atoms. The van der Waals surface area contributed by atoms with Gasteiger partial charge in [0.25, 0.3) is 5.91 Å². The van der Waals surface area contributed by atoms with Gasteiger partial charge in [-0.05, 0) is 28.9 Å². The first-order chi connectivity index (χ1) is 6.54. The van der Waals surface area contributed by atoms with Gasteiger partial charge in [-0.15, -0.1) is 0 Å². The van der Waals surface area contributed by atoms with Crippen LogP contribution < -0.4 is 11.1 Å². The molecule has 0 saturated heterocycles. The molecule has 1 amide bonds. The van der Waals surface area contributed by atoms with Crippen molar-refractivity contribution < 1.29 is 4.79 Å². The van der Waals surface area contributed by atoms with Crippen LogP contribution in [0.4, 0.5) is 0 Å². The number of hydrogen-bond donors (Lipinski definition) is 2. The lowest BCUT2D eigenvalue weighted by molar-refractivity contribution is 0.0933. The maximum Gasteiger partial charge on any atom is 0.268 e. The van der Waals surface area contributed by atoms with Crippen LogP contribution in [0.25, 0.3) is 0 Å². The average molecular weight is 260 g/mol. The van der Waals surface area contributed by atoms with Crippen LogP contribution in [0.3, 0.4) is 0 Å². The number of hydrogen-bond acceptors (Lipinski definition) is 2. The first kappa shape index (κ1) is 11.3. The molecule has 1 aromatic rings. The van der Waals surface area contributed by atoms with E-state index in [0.29, 0.717) is 12.2 Å². The zero-order chi connectivity index (χ0) is 10.7. The molecule has 1 unspecified atom stereocenters. The third-order valence-corrected chi connectivity index (χ3v) is 2.37. The molecule has 0 aromatic carbocycles. The Morgan fingerprint density at radius 2 is 2.43 bits per heavy atom. The van der Waals surface area contributed by atoms with Gasteiger partial charge >= 0.3 is 0 Å². The Bertz CT molecular complexity index is 335. The van der Waals surface area contributed by atoms with Crippen molar-refractivity contribution in [3.8, 4) is 0 Å². The second-order valence-corrected chi connectivity index (χ2v) is 4.18. The topological polar surface area (TPSA) is 60.0 Å². The molecular formula is C9H14BrN3O. The lowest BCUT2D eigenvalue weighted by atomic mass is 10.3. The molecule has 4 nitrogen and oxygen atoms in total. The monoisotopic (exact) mass is 259 g/mol. The molecule has 3 N–H and O–H groups in total. The van der Waals surface area contributed by atoms with Crippen molar-refractivity contribution in [2.24, 2.45) is 12.8 Å². The Hall–Kier alpha value is -0.810. The zero-order valence-corrected chi connectivity index (χ0v) is 9.84. The summed E-state index contributed by atoms with van der Waals surface area (Å²) >= 11 is 3.31. The van der Waals surface area contributed by atoms with Gasteiger partial charge in [-0.1, -0.05) is 0 Å². The van der Waals surface area contributed by atoms with Gasteiger partial charge in [0.1, 0.15) is 5.69 Å². The molecule has 0 aliphatic rings. The number of nitrogens with one attached hydrogen (secondary N) is 1. The van der Waals surface area contributed by atoms with Crippen LogP contribution >= 0.6 is 15.9 Å². The Labute approximate surface area is 91.6 Å². The molecule has 0 aliphatic heterocycles. The van der Waals surface area contributed by atoms with E-state index in [0.717, 1.165) is 4.47 Å². The van der Waals surface area contributed by atoms with Crippen LogP contribution in [0.15, 0.2) is 16.7 Å². The highest BCUT2D eigenvalue weighted by Gasteiger charge is 2.12. The number of aryl methyl sites for hydroxylation is 1. The van der Waals surface area contributed by atoms with Gasteiger partial charge < -0.3 is 15.6 Å². The summed E-state index contributed by atoms with van der Waals surface area (Å²) in [5, 5.41) is 2.79. The summed E-state index contributed by atoms with van der Waals surface area (Å²) in [7, 11) is 1.83. The molecule has 14 heavy (non-hydrogen) atoms. The number of aromatic nitrogens is 1. The molecule has 0 saturated carbocycles. The van der Waals surface area contributed by atoms with Crippen LogP contribution in [-0.2, 0) is 7.05 Å². The molecule has 1 heterocycles. The Kier molecular flexibility index (Phi) is 3.71. The highest BCUT2D eigenvalue weighted by Crippen LogP contribution is 2.13. The first-order valence-corrected chi connectivity index (χ1v) is 5.16. The number of nitrogens with two attached hydrogens (primary N) is 1. The molecular weight excluding hydrogens is 246 g/mol. The molecule has 5 heteroatoms. The van der Waals surface area contributed by atoms with Crippen molar-refractivity contribution in [3.63, 3.8) is 0 Å². The van der Waals surface area contributed by atoms with Gasteiger partial charge in [0.05, 0.1) is 0 Å². The second-order valence-electron chi connectivity index (χ2n) is 3.26. The van der Waals surface area contributed by atoms with Gasteiger partial charge in [0.2, 0.25) is 0 Å². The standard InChI is InChI=1S/C9H14BrN3O/c1-6(4-11)12-9(14)8-3-7(10)5-13(8)2/h3,5-6H,4,11H2,1-2H3,(H,12,14). The normalized spacial score (nSPS) is 12.6. The minimum Gasteiger partial charge on any atom is -0.347 e. The molecule has 1 atom stereocenters. The fraction of sp³-hybridized carbons (Fsp3) is 0.444. The largest absolute Gasteiger partial charge is 0.347 e. The van der Waals surface area contributed by atoms with E-state index in [9.17, 15) is 4.79 Å². The average Bonchev–Trinajstić information content (AvgIpc) is 2.45. The Morgan fingerprint density at radius 1 is 1.79 bits per heavy atom. The first-order valence-electron chi connectivity index (χ1n) is 4.37. The van der Waals surface area contributed by atoms with Gasteiger partial charge in [0, 0.05) is 30.3 Å². The number of halogens is 1. The van der Waals surface area contributed by atoms with Crippen molar-refractivity contribution in [3.05, 3.63) is 22.4 Å². The van der Waals surface area contributed by atoms with Gasteiger partial charge in [-0.25, -0.2) is 0 Å². The van der Waals surface area contributed by atoms with Crippen LogP contribution in [0, 0.1) is 0 Å². The molecule has 78 valence electrons. The van der Waals surface area contributed by atoms with E-state index >= 15 is 0 Å². The number of carbonyl (C=O) groups is 1. The summed E-state index contributed by atoms with van der Waals surface area (Å²) in [4.78, 5) is 11.6. The molecule has 1 aromatic heterocycles. The Balaban J connectivity index is 2.74. The summed E-state index contributed by atoms with van der Waals surface area (Å²) < 4.78 is 2.66. The minimum absolute atomic E-state index is 0.00354. The van der Waals surface area contributed by atoms with E-state index in [2.05, 4.69) is 21.2 Å². The van der Waals surface area contributed by atoms with Crippen LogP contribution in [-0.4, -0.2) is 23.1 Å². The van der Waals surface area contributed by atoms with Crippen molar-refractivity contribution in [1.82, 2.24) is 9.88 Å². The zero-order valence-electron chi connectivity index (χ0n) is 8.25. The number of amides is 1. The number of rotatable bonds is 3. The maximum absolute atomic E-state index is 11.6. The summed E-state index contributed by atoms with van der Waals surface area (Å²) in [6, 6.07) is 1.77. The molecule has 0 radical (unpaired) electrons. The minimum atomic E-state index is -0.101. The number of carbonyl (C=O) groups excluding carboxylic acids is 1. The summed E-state index contributed by atoms with van der Waals surface area (Å²) in [6.07, 6.45) is 1.84. The van der Waals surface area contributed by atoms with Crippen LogP contribution in [0.1, 0.15) is 17.4 Å². The van der Waals surface area contributed by atoms with Crippen molar-refractivity contribution in [1.29, 1.82) is 0 Å². The quantitative estimate of drug-likeness (QED) is 0.847. The highest BCUT2D eigenvalue weighted by molar-refractivity contribution is 9.10. The fourth-order valence-corrected chi connectivity index (χ4v) is 1.63. The van der Waals surface area contributed by atoms with E-state index in [4.69, 9.17) is 5.73 Å². The van der Waals surface area contributed by atoms with E-state index in [1.807, 2.05) is 20.2 Å². The van der Waals surface area contributed by atoms with Crippen LogP contribution in [0.5, 0.6) is 0 Å². The number of nitrogens with zero attached hydrogens (tertiary/aromatic N) is 1. The van der Waals surface area contributed by atoms with E-state index in [1.165, 1.54) is 0 Å². The predicted molar refractivity (Wildman–Crippen MR) is 59.1 cm³/mol. The van der Waals surface area contributed by atoms with E-state index < -0.39 is 0 Å². The molecule has 0 fully saturated rings. The van der Waals surface area contributed by atoms with Crippen molar-refractivity contribution >= 4 is 21.8 Å².